The van der Waals surface area contributed by atoms with Gasteiger partial charge in [0.1, 0.15) is 5.75 Å². The molecule has 0 saturated heterocycles. The summed E-state index contributed by atoms with van der Waals surface area (Å²) in [7, 11) is 0. The maximum absolute atomic E-state index is 12.0. The number of carbonyl (C=O) groups excluding carboxylic acids is 2. The second-order valence-corrected chi connectivity index (χ2v) is 8.70. The Balaban J connectivity index is 1.68. The van der Waals surface area contributed by atoms with E-state index in [9.17, 15) is 22.8 Å². The fraction of sp³-hybridized carbons (Fsp3) is 0.440. The number of hydrogen-bond acceptors (Lipinski definition) is 5. The molecule has 0 saturated carbocycles. The fourth-order valence-electron chi connectivity index (χ4n) is 3.01. The number of halogens is 3. The van der Waals surface area contributed by atoms with Gasteiger partial charge in [-0.2, -0.15) is 13.2 Å². The van der Waals surface area contributed by atoms with Crippen LogP contribution in [-0.4, -0.2) is 37.8 Å². The quantitative estimate of drug-likeness (QED) is 0.311. The predicted octanol–water partition coefficient (Wildman–Crippen LogP) is 4.76. The highest BCUT2D eigenvalue weighted by atomic mass is 19.4. The minimum Gasteiger partial charge on any atom is -0.493 e. The Morgan fingerprint density at radius 2 is 1.61 bits per heavy atom. The molecule has 0 fully saturated rings. The van der Waals surface area contributed by atoms with Crippen molar-refractivity contribution >= 4 is 11.9 Å². The normalized spacial score (nSPS) is 11.8. The van der Waals surface area contributed by atoms with Crippen molar-refractivity contribution < 1.29 is 32.2 Å². The molecule has 0 bridgehead atoms. The summed E-state index contributed by atoms with van der Waals surface area (Å²) in [5, 5.41) is 2.94. The lowest BCUT2D eigenvalue weighted by Gasteiger charge is -2.19. The first-order valence-corrected chi connectivity index (χ1v) is 10.8. The Labute approximate surface area is 192 Å². The molecule has 0 spiro atoms. The molecule has 2 rings (SSSR count). The van der Waals surface area contributed by atoms with E-state index in [1.54, 1.807) is 0 Å². The van der Waals surface area contributed by atoms with E-state index in [1.165, 1.54) is 11.1 Å². The number of carbonyl (C=O) groups is 2. The number of hydrogen-bond donors (Lipinski definition) is 1. The third-order valence-electron chi connectivity index (χ3n) is 4.91. The van der Waals surface area contributed by atoms with Crippen molar-refractivity contribution in [3.05, 3.63) is 65.2 Å². The molecule has 0 heterocycles. The van der Waals surface area contributed by atoms with Gasteiger partial charge >= 0.3 is 18.1 Å². The van der Waals surface area contributed by atoms with E-state index in [1.807, 2.05) is 24.3 Å². The molecule has 33 heavy (non-hydrogen) atoms. The monoisotopic (exact) mass is 465 g/mol. The van der Waals surface area contributed by atoms with Gasteiger partial charge in [-0.25, -0.2) is 4.79 Å². The van der Waals surface area contributed by atoms with E-state index in [0.717, 1.165) is 17.7 Å². The van der Waals surface area contributed by atoms with Gasteiger partial charge in [0.25, 0.3) is 0 Å². The van der Waals surface area contributed by atoms with E-state index in [-0.39, 0.29) is 18.4 Å². The molecule has 180 valence electrons. The van der Waals surface area contributed by atoms with Gasteiger partial charge in [-0.3, -0.25) is 4.79 Å². The molecule has 0 unspecified atom stereocenters. The number of nitrogens with one attached hydrogen (secondary N) is 1. The highest BCUT2D eigenvalue weighted by molar-refractivity contribution is 5.88. The summed E-state index contributed by atoms with van der Waals surface area (Å²) in [4.78, 5) is 21.8. The van der Waals surface area contributed by atoms with Crippen LogP contribution in [0.1, 0.15) is 43.9 Å². The van der Waals surface area contributed by atoms with Crippen LogP contribution in [0.4, 0.5) is 13.2 Å². The highest BCUT2D eigenvalue weighted by Crippen LogP contribution is 2.22. The molecule has 5 nitrogen and oxygen atoms in total. The Kier molecular flexibility index (Phi) is 9.46. The Morgan fingerprint density at radius 1 is 0.909 bits per heavy atom. The third kappa shape index (κ3) is 9.65. The van der Waals surface area contributed by atoms with Gasteiger partial charge in [0.2, 0.25) is 0 Å². The first-order valence-electron chi connectivity index (χ1n) is 10.8. The zero-order valence-corrected chi connectivity index (χ0v) is 19.1. The van der Waals surface area contributed by atoms with Crippen LogP contribution in [0.25, 0.3) is 0 Å². The lowest BCUT2D eigenvalue weighted by atomic mass is 9.86. The third-order valence-corrected chi connectivity index (χ3v) is 4.91. The van der Waals surface area contributed by atoms with Crippen LogP contribution in [0, 0.1) is 0 Å². The topological polar surface area (TPSA) is 64.6 Å². The molecule has 0 radical (unpaired) electrons. The largest absolute Gasteiger partial charge is 0.493 e. The first-order chi connectivity index (χ1) is 15.4. The van der Waals surface area contributed by atoms with Crippen LogP contribution < -0.4 is 10.1 Å². The van der Waals surface area contributed by atoms with E-state index in [0.29, 0.717) is 19.6 Å². The average Bonchev–Trinajstić information content (AvgIpc) is 2.73. The summed E-state index contributed by atoms with van der Waals surface area (Å²) < 4.78 is 45.7. The smallest absolute Gasteiger partial charge is 0.491 e. The van der Waals surface area contributed by atoms with Crippen molar-refractivity contribution in [2.75, 3.05) is 19.7 Å². The summed E-state index contributed by atoms with van der Waals surface area (Å²) in [6.07, 6.45) is -4.07. The van der Waals surface area contributed by atoms with Gasteiger partial charge < -0.3 is 14.8 Å². The molecule has 2 aromatic rings. The predicted molar refractivity (Wildman–Crippen MR) is 119 cm³/mol. The Hall–Kier alpha value is -2.87. The summed E-state index contributed by atoms with van der Waals surface area (Å²) in [5.41, 5.74) is 3.64. The van der Waals surface area contributed by atoms with Gasteiger partial charge in [0.15, 0.2) is 0 Å². The molecule has 0 amide bonds. The van der Waals surface area contributed by atoms with Gasteiger partial charge in [-0.05, 0) is 47.2 Å². The van der Waals surface area contributed by atoms with E-state index < -0.39 is 18.1 Å². The molecular formula is C25H30F3NO4. The van der Waals surface area contributed by atoms with Gasteiger partial charge in [-0.15, -0.1) is 0 Å². The summed E-state index contributed by atoms with van der Waals surface area (Å²) >= 11 is 0. The highest BCUT2D eigenvalue weighted by Gasteiger charge is 2.42. The van der Waals surface area contributed by atoms with Crippen molar-refractivity contribution in [1.29, 1.82) is 0 Å². The molecule has 8 heteroatoms. The Bertz CT molecular complexity index is 918. The molecule has 0 aliphatic rings. The summed E-state index contributed by atoms with van der Waals surface area (Å²) in [5.74, 6) is -2.95. The number of benzene rings is 2. The maximum Gasteiger partial charge on any atom is 0.491 e. The lowest BCUT2D eigenvalue weighted by molar-refractivity contribution is -0.201. The van der Waals surface area contributed by atoms with Gasteiger partial charge in [0, 0.05) is 13.0 Å². The average molecular weight is 466 g/mol. The van der Waals surface area contributed by atoms with E-state index >= 15 is 0 Å². The summed E-state index contributed by atoms with van der Waals surface area (Å²) in [6, 6.07) is 16.2. The zero-order valence-electron chi connectivity index (χ0n) is 19.1. The number of rotatable bonds is 10. The van der Waals surface area contributed by atoms with Crippen LogP contribution in [0.15, 0.2) is 48.5 Å². The molecule has 2 aromatic carbocycles. The lowest BCUT2D eigenvalue weighted by Crippen LogP contribution is -2.29. The molecule has 0 aromatic heterocycles. The molecule has 1 N–H and O–H groups in total. The van der Waals surface area contributed by atoms with Crippen LogP contribution in [-0.2, 0) is 32.6 Å². The number of ether oxygens (including phenoxy) is 2. The number of esters is 2. The fourth-order valence-corrected chi connectivity index (χ4v) is 3.01. The van der Waals surface area contributed by atoms with Crippen molar-refractivity contribution in [3.8, 4) is 5.75 Å². The zero-order chi connectivity index (χ0) is 24.5. The summed E-state index contributed by atoms with van der Waals surface area (Å²) in [6.45, 7) is 7.71. The maximum atomic E-state index is 12.0. The molecule has 0 aliphatic heterocycles. The SMILES string of the molecule is CC(C)(C)c1ccc(CCOc2cccc(CCNCCC(=O)OC(=O)C(F)(F)F)c2)cc1. The molecule has 0 atom stereocenters. The van der Waals surface area contributed by atoms with E-state index in [2.05, 4.69) is 55.1 Å². The minimum absolute atomic E-state index is 0.105. The van der Waals surface area contributed by atoms with E-state index in [4.69, 9.17) is 4.74 Å². The van der Waals surface area contributed by atoms with Crippen LogP contribution in [0.3, 0.4) is 0 Å². The second-order valence-electron chi connectivity index (χ2n) is 8.70. The first kappa shape index (κ1) is 26.4. The van der Waals surface area contributed by atoms with Crippen LogP contribution in [0.5, 0.6) is 5.75 Å². The second kappa shape index (κ2) is 11.8. The van der Waals surface area contributed by atoms with Crippen molar-refractivity contribution in [2.45, 2.75) is 51.6 Å². The van der Waals surface area contributed by atoms with Gasteiger partial charge in [-0.1, -0.05) is 57.2 Å². The van der Waals surface area contributed by atoms with Crippen molar-refractivity contribution in [3.63, 3.8) is 0 Å². The van der Waals surface area contributed by atoms with Crippen molar-refractivity contribution in [2.24, 2.45) is 0 Å². The standard InChI is InChI=1S/C25H30F3NO4/c1-24(2,3)20-9-7-18(8-10-20)13-16-32-21-6-4-5-19(17-21)11-14-29-15-12-22(30)33-23(31)25(26,27)28/h4-10,17,29H,11-16H2,1-3H3. The van der Waals surface area contributed by atoms with Crippen molar-refractivity contribution in [1.82, 2.24) is 5.32 Å². The minimum atomic E-state index is -5.17. The van der Waals surface area contributed by atoms with Crippen LogP contribution >= 0.6 is 0 Å². The number of alkyl halides is 3. The molecule has 0 aliphatic carbocycles. The van der Waals surface area contributed by atoms with Crippen LogP contribution in [0.2, 0.25) is 0 Å². The van der Waals surface area contributed by atoms with Gasteiger partial charge in [0.05, 0.1) is 13.0 Å². The molecular weight excluding hydrogens is 435 g/mol. The Morgan fingerprint density at radius 3 is 2.24 bits per heavy atom.